The molecule has 2 aromatic carbocycles. The molecule has 1 N–H and O–H groups in total. The van der Waals surface area contributed by atoms with Gasteiger partial charge in [-0.3, -0.25) is 0 Å². The third-order valence-corrected chi connectivity index (χ3v) is 4.29. The Balaban J connectivity index is 1.65. The average molecular weight is 360 g/mol. The number of nitrogens with one attached hydrogen (secondary N) is 1. The number of anilines is 1. The molecule has 0 spiro atoms. The fraction of sp³-hybridized carbons (Fsp3) is 0.200. The van der Waals surface area contributed by atoms with Crippen LogP contribution in [0.1, 0.15) is 18.9 Å². The number of methoxy groups -OCH3 is 1. The second kappa shape index (κ2) is 7.41. The van der Waals surface area contributed by atoms with Crippen molar-refractivity contribution in [3.8, 4) is 5.75 Å². The van der Waals surface area contributed by atoms with Gasteiger partial charge in [-0.2, -0.15) is 10.1 Å². The predicted octanol–water partition coefficient (Wildman–Crippen LogP) is 3.84. The van der Waals surface area contributed by atoms with Crippen LogP contribution in [0, 0.1) is 0 Å². The van der Waals surface area contributed by atoms with Crippen molar-refractivity contribution in [2.45, 2.75) is 19.9 Å². The Bertz CT molecular complexity index is 1120. The summed E-state index contributed by atoms with van der Waals surface area (Å²) >= 11 is 0. The lowest BCUT2D eigenvalue weighted by Crippen LogP contribution is -2.03. The van der Waals surface area contributed by atoms with Crippen LogP contribution < -0.4 is 10.2 Å². The van der Waals surface area contributed by atoms with Crippen molar-refractivity contribution in [2.75, 3.05) is 12.5 Å². The molecule has 7 nitrogen and oxygen atoms in total. The minimum atomic E-state index is 0.363. The quantitative estimate of drug-likeness (QED) is 0.417. The Kier molecular flexibility index (Phi) is 4.65. The fourth-order valence-electron chi connectivity index (χ4n) is 3.09. The number of para-hydroxylation sites is 1. The highest BCUT2D eigenvalue weighted by atomic mass is 16.5. The van der Waals surface area contributed by atoms with E-state index >= 15 is 0 Å². The summed E-state index contributed by atoms with van der Waals surface area (Å²) in [6.45, 7) is 3.02. The van der Waals surface area contributed by atoms with Gasteiger partial charge in [-0.1, -0.05) is 37.3 Å². The highest BCUT2D eigenvalue weighted by Crippen LogP contribution is 2.26. The standard InChI is InChI=1S/C20H20N6O/c1-3-11-26-17-10-5-4-9-16(17)18-19(26)22-20(25-23-18)24-21-13-14-7-6-8-15(12-14)27-2/h4-10,12-13H,3,11H2,1-2H3,(H,22,24,25)/b21-13+. The highest BCUT2D eigenvalue weighted by molar-refractivity contribution is 6.04. The fourth-order valence-corrected chi connectivity index (χ4v) is 3.09. The van der Waals surface area contributed by atoms with Crippen LogP contribution in [0.4, 0.5) is 5.95 Å². The first-order chi connectivity index (χ1) is 13.3. The summed E-state index contributed by atoms with van der Waals surface area (Å²) in [7, 11) is 1.64. The minimum Gasteiger partial charge on any atom is -0.497 e. The molecule has 136 valence electrons. The van der Waals surface area contributed by atoms with Crippen LogP contribution in [-0.4, -0.2) is 33.1 Å². The number of rotatable bonds is 6. The van der Waals surface area contributed by atoms with Crippen LogP contribution in [0.15, 0.2) is 53.6 Å². The monoisotopic (exact) mass is 360 g/mol. The second-order valence-corrected chi connectivity index (χ2v) is 6.12. The molecule has 0 aliphatic carbocycles. The van der Waals surface area contributed by atoms with Crippen LogP contribution in [-0.2, 0) is 6.54 Å². The summed E-state index contributed by atoms with van der Waals surface area (Å²) in [5, 5.41) is 13.8. The Morgan fingerprint density at radius 1 is 1.15 bits per heavy atom. The first-order valence-corrected chi connectivity index (χ1v) is 8.85. The number of hydrazone groups is 1. The molecular weight excluding hydrogens is 340 g/mol. The molecule has 0 saturated heterocycles. The van der Waals surface area contributed by atoms with Crippen molar-refractivity contribution in [2.24, 2.45) is 5.10 Å². The first kappa shape index (κ1) is 17.0. The summed E-state index contributed by atoms with van der Waals surface area (Å²) in [6.07, 6.45) is 2.70. The summed E-state index contributed by atoms with van der Waals surface area (Å²) in [5.74, 6) is 1.14. The molecule has 0 bridgehead atoms. The molecule has 0 amide bonds. The Labute approximate surface area is 156 Å². The van der Waals surface area contributed by atoms with Crippen molar-refractivity contribution < 1.29 is 4.74 Å². The summed E-state index contributed by atoms with van der Waals surface area (Å²) in [6, 6.07) is 15.8. The van der Waals surface area contributed by atoms with E-state index in [0.29, 0.717) is 5.95 Å². The van der Waals surface area contributed by atoms with Crippen LogP contribution in [0.3, 0.4) is 0 Å². The van der Waals surface area contributed by atoms with E-state index in [1.807, 2.05) is 42.5 Å². The van der Waals surface area contributed by atoms with E-state index < -0.39 is 0 Å². The van der Waals surface area contributed by atoms with Gasteiger partial charge in [-0.25, -0.2) is 5.43 Å². The van der Waals surface area contributed by atoms with Gasteiger partial charge in [-0.15, -0.1) is 10.2 Å². The van der Waals surface area contributed by atoms with Crippen LogP contribution in [0.2, 0.25) is 0 Å². The SMILES string of the molecule is CCCn1c2ccccc2c2nnc(N/N=C/c3cccc(OC)c3)nc21. The molecule has 2 aromatic heterocycles. The maximum Gasteiger partial charge on any atom is 0.265 e. The molecule has 0 fully saturated rings. The number of benzene rings is 2. The highest BCUT2D eigenvalue weighted by Gasteiger charge is 2.13. The van der Waals surface area contributed by atoms with Crippen molar-refractivity contribution in [3.05, 3.63) is 54.1 Å². The van der Waals surface area contributed by atoms with Gasteiger partial charge in [0.15, 0.2) is 5.65 Å². The average Bonchev–Trinajstić information content (AvgIpc) is 3.02. The number of hydrogen-bond donors (Lipinski definition) is 1. The van der Waals surface area contributed by atoms with Gasteiger partial charge in [0, 0.05) is 11.9 Å². The normalized spacial score (nSPS) is 11.5. The molecule has 2 heterocycles. The zero-order valence-corrected chi connectivity index (χ0v) is 15.3. The van der Waals surface area contributed by atoms with Crippen molar-refractivity contribution in [3.63, 3.8) is 0 Å². The molecule has 0 aliphatic rings. The van der Waals surface area contributed by atoms with E-state index in [1.54, 1.807) is 13.3 Å². The Hall–Kier alpha value is -3.48. The molecule has 27 heavy (non-hydrogen) atoms. The maximum absolute atomic E-state index is 5.21. The van der Waals surface area contributed by atoms with Gasteiger partial charge in [0.25, 0.3) is 5.95 Å². The second-order valence-electron chi connectivity index (χ2n) is 6.12. The lowest BCUT2D eigenvalue weighted by atomic mass is 10.2. The van der Waals surface area contributed by atoms with E-state index in [4.69, 9.17) is 4.74 Å². The van der Waals surface area contributed by atoms with Crippen LogP contribution >= 0.6 is 0 Å². The molecule has 0 unspecified atom stereocenters. The number of aryl methyl sites for hydroxylation is 1. The number of fused-ring (bicyclic) bond motifs is 3. The Morgan fingerprint density at radius 3 is 2.89 bits per heavy atom. The largest absolute Gasteiger partial charge is 0.497 e. The van der Waals surface area contributed by atoms with Crippen molar-refractivity contribution in [1.82, 2.24) is 19.7 Å². The third kappa shape index (κ3) is 3.31. The lowest BCUT2D eigenvalue weighted by Gasteiger charge is -2.04. The van der Waals surface area contributed by atoms with Crippen molar-refractivity contribution >= 4 is 34.2 Å². The van der Waals surface area contributed by atoms with Crippen molar-refractivity contribution in [1.29, 1.82) is 0 Å². The predicted molar refractivity (Wildman–Crippen MR) is 107 cm³/mol. The van der Waals surface area contributed by atoms with Gasteiger partial charge in [0.1, 0.15) is 11.3 Å². The van der Waals surface area contributed by atoms with E-state index in [-0.39, 0.29) is 0 Å². The van der Waals surface area contributed by atoms with E-state index in [2.05, 4.69) is 43.3 Å². The summed E-state index contributed by atoms with van der Waals surface area (Å²) < 4.78 is 7.39. The summed E-state index contributed by atoms with van der Waals surface area (Å²) in [5.41, 5.74) is 6.52. The molecule has 0 atom stereocenters. The minimum absolute atomic E-state index is 0.363. The molecule has 4 rings (SSSR count). The van der Waals surface area contributed by atoms with E-state index in [0.717, 1.165) is 46.3 Å². The van der Waals surface area contributed by atoms with Crippen LogP contribution in [0.5, 0.6) is 5.75 Å². The Morgan fingerprint density at radius 2 is 2.04 bits per heavy atom. The third-order valence-electron chi connectivity index (χ3n) is 4.29. The lowest BCUT2D eigenvalue weighted by molar-refractivity contribution is 0.415. The molecule has 0 radical (unpaired) electrons. The van der Waals surface area contributed by atoms with Gasteiger partial charge < -0.3 is 9.30 Å². The molecular formula is C20H20N6O. The topological polar surface area (TPSA) is 77.2 Å². The zero-order valence-electron chi connectivity index (χ0n) is 15.3. The molecule has 0 saturated carbocycles. The summed E-state index contributed by atoms with van der Waals surface area (Å²) in [4.78, 5) is 4.64. The number of hydrogen-bond acceptors (Lipinski definition) is 6. The van der Waals surface area contributed by atoms with E-state index in [9.17, 15) is 0 Å². The van der Waals surface area contributed by atoms with E-state index in [1.165, 1.54) is 0 Å². The molecule has 4 aromatic rings. The number of aromatic nitrogens is 4. The zero-order chi connectivity index (χ0) is 18.6. The van der Waals surface area contributed by atoms with Crippen LogP contribution in [0.25, 0.3) is 22.1 Å². The smallest absolute Gasteiger partial charge is 0.265 e. The maximum atomic E-state index is 5.21. The number of nitrogens with zero attached hydrogens (tertiary/aromatic N) is 5. The van der Waals surface area contributed by atoms with Gasteiger partial charge >= 0.3 is 0 Å². The number of ether oxygens (including phenoxy) is 1. The molecule has 7 heteroatoms. The van der Waals surface area contributed by atoms with Gasteiger partial charge in [0.2, 0.25) is 0 Å². The first-order valence-electron chi connectivity index (χ1n) is 8.85. The van der Waals surface area contributed by atoms with Gasteiger partial charge in [-0.05, 0) is 30.2 Å². The van der Waals surface area contributed by atoms with Gasteiger partial charge in [0.05, 0.1) is 18.8 Å². The molecule has 0 aliphatic heterocycles.